The molecule has 1 aromatic rings. The van der Waals surface area contributed by atoms with Crippen LogP contribution >= 0.6 is 0 Å². The Labute approximate surface area is 148 Å². The molecule has 1 saturated carbocycles. The highest BCUT2D eigenvalue weighted by Gasteiger charge is 2.25. The van der Waals surface area contributed by atoms with Gasteiger partial charge in [0, 0.05) is 12.5 Å². The van der Waals surface area contributed by atoms with Crippen LogP contribution in [-0.2, 0) is 4.79 Å². The minimum Gasteiger partial charge on any atom is -0.497 e. The molecule has 136 valence electrons. The third-order valence-corrected chi connectivity index (χ3v) is 4.90. The first-order chi connectivity index (χ1) is 12.2. The number of anilines is 1. The Morgan fingerprint density at radius 3 is 2.64 bits per heavy atom. The number of rotatable bonds is 7. The third kappa shape index (κ3) is 5.19. The standard InChI is InChI=1S/C19H27N3O3/c1-25-15-5-6-17(16(12-15)19(24)21-14-3-4-14)22-18(23)7-2-13-8-10-20-11-9-13/h5-6,12-14,20H,2-4,7-11H2,1H3,(H,21,24)(H,22,23). The fourth-order valence-electron chi connectivity index (χ4n) is 3.16. The fraction of sp³-hybridized carbons (Fsp3) is 0.579. The molecule has 0 bridgehead atoms. The monoisotopic (exact) mass is 345 g/mol. The van der Waals surface area contributed by atoms with Crippen LogP contribution in [0.2, 0.25) is 0 Å². The summed E-state index contributed by atoms with van der Waals surface area (Å²) in [4.78, 5) is 24.8. The van der Waals surface area contributed by atoms with Gasteiger partial charge in [-0.3, -0.25) is 9.59 Å². The molecule has 6 heteroatoms. The molecule has 0 spiro atoms. The third-order valence-electron chi connectivity index (χ3n) is 4.90. The summed E-state index contributed by atoms with van der Waals surface area (Å²) in [6.07, 6.45) is 5.69. The smallest absolute Gasteiger partial charge is 0.253 e. The van der Waals surface area contributed by atoms with Crippen molar-refractivity contribution in [3.8, 4) is 5.75 Å². The molecule has 2 amide bonds. The number of hydrogen-bond acceptors (Lipinski definition) is 4. The van der Waals surface area contributed by atoms with E-state index in [1.807, 2.05) is 0 Å². The first-order valence-electron chi connectivity index (χ1n) is 9.15. The Balaban J connectivity index is 1.61. The molecule has 25 heavy (non-hydrogen) atoms. The van der Waals surface area contributed by atoms with Crippen LogP contribution in [0.25, 0.3) is 0 Å². The lowest BCUT2D eigenvalue weighted by atomic mass is 9.93. The normalized spacial score (nSPS) is 17.8. The number of carbonyl (C=O) groups excluding carboxylic acids is 2. The van der Waals surface area contributed by atoms with E-state index in [9.17, 15) is 9.59 Å². The number of carbonyl (C=O) groups is 2. The van der Waals surface area contributed by atoms with Crippen molar-refractivity contribution >= 4 is 17.5 Å². The Kier molecular flexibility index (Phi) is 5.91. The van der Waals surface area contributed by atoms with Gasteiger partial charge in [0.15, 0.2) is 0 Å². The number of piperidine rings is 1. The van der Waals surface area contributed by atoms with E-state index in [4.69, 9.17) is 4.74 Å². The van der Waals surface area contributed by atoms with Crippen molar-refractivity contribution in [2.45, 2.75) is 44.6 Å². The van der Waals surface area contributed by atoms with E-state index in [2.05, 4.69) is 16.0 Å². The van der Waals surface area contributed by atoms with E-state index in [-0.39, 0.29) is 17.9 Å². The summed E-state index contributed by atoms with van der Waals surface area (Å²) in [6, 6.07) is 5.45. The van der Waals surface area contributed by atoms with Gasteiger partial charge in [0.2, 0.25) is 5.91 Å². The number of methoxy groups -OCH3 is 1. The second-order valence-corrected chi connectivity index (χ2v) is 6.94. The maximum absolute atomic E-state index is 12.4. The topological polar surface area (TPSA) is 79.5 Å². The van der Waals surface area contributed by atoms with Crippen molar-refractivity contribution in [1.82, 2.24) is 10.6 Å². The van der Waals surface area contributed by atoms with E-state index in [0.717, 1.165) is 45.2 Å². The van der Waals surface area contributed by atoms with E-state index >= 15 is 0 Å². The van der Waals surface area contributed by atoms with Crippen LogP contribution in [0.3, 0.4) is 0 Å². The first-order valence-corrected chi connectivity index (χ1v) is 9.15. The molecule has 0 atom stereocenters. The van der Waals surface area contributed by atoms with Crippen molar-refractivity contribution < 1.29 is 14.3 Å². The summed E-state index contributed by atoms with van der Waals surface area (Å²) < 4.78 is 5.21. The second-order valence-electron chi connectivity index (χ2n) is 6.94. The van der Waals surface area contributed by atoms with Gasteiger partial charge >= 0.3 is 0 Å². The highest BCUT2D eigenvalue weighted by molar-refractivity contribution is 6.04. The molecule has 1 saturated heterocycles. The van der Waals surface area contributed by atoms with Crippen molar-refractivity contribution in [2.24, 2.45) is 5.92 Å². The van der Waals surface area contributed by atoms with Crippen molar-refractivity contribution in [2.75, 3.05) is 25.5 Å². The summed E-state index contributed by atoms with van der Waals surface area (Å²) in [7, 11) is 1.56. The average molecular weight is 345 g/mol. The number of ether oxygens (including phenoxy) is 1. The van der Waals surface area contributed by atoms with Gasteiger partial charge in [-0.1, -0.05) is 0 Å². The number of nitrogens with one attached hydrogen (secondary N) is 3. The second kappa shape index (κ2) is 8.34. The molecule has 1 heterocycles. The number of amides is 2. The summed E-state index contributed by atoms with van der Waals surface area (Å²) in [5.41, 5.74) is 1.01. The van der Waals surface area contributed by atoms with Gasteiger partial charge in [0.25, 0.3) is 5.91 Å². The van der Waals surface area contributed by atoms with Crippen LogP contribution in [0.15, 0.2) is 18.2 Å². The Hall–Kier alpha value is -2.08. The molecule has 2 fully saturated rings. The molecular formula is C19H27N3O3. The Morgan fingerprint density at radius 2 is 1.96 bits per heavy atom. The predicted molar refractivity (Wildman–Crippen MR) is 96.9 cm³/mol. The molecule has 6 nitrogen and oxygen atoms in total. The molecule has 0 unspecified atom stereocenters. The van der Waals surface area contributed by atoms with E-state index in [1.54, 1.807) is 25.3 Å². The lowest BCUT2D eigenvalue weighted by Crippen LogP contribution is -2.29. The fourth-order valence-corrected chi connectivity index (χ4v) is 3.16. The van der Waals surface area contributed by atoms with Crippen molar-refractivity contribution in [1.29, 1.82) is 0 Å². The molecule has 3 N–H and O–H groups in total. The van der Waals surface area contributed by atoms with Crippen molar-refractivity contribution in [3.05, 3.63) is 23.8 Å². The van der Waals surface area contributed by atoms with E-state index in [0.29, 0.717) is 29.3 Å². The van der Waals surface area contributed by atoms with E-state index in [1.165, 1.54) is 0 Å². The molecule has 0 aromatic heterocycles. The molecule has 1 aromatic carbocycles. The number of benzene rings is 1. The summed E-state index contributed by atoms with van der Waals surface area (Å²) in [5.74, 6) is 1.02. The van der Waals surface area contributed by atoms with E-state index < -0.39 is 0 Å². The van der Waals surface area contributed by atoms with Crippen LogP contribution in [0.4, 0.5) is 5.69 Å². The SMILES string of the molecule is COc1ccc(NC(=O)CCC2CCNCC2)c(C(=O)NC2CC2)c1. The van der Waals surface area contributed by atoms with Gasteiger partial charge in [0.1, 0.15) is 5.75 Å². The summed E-state index contributed by atoms with van der Waals surface area (Å²) >= 11 is 0. The predicted octanol–water partition coefficient (Wildman–Crippen LogP) is 2.31. The van der Waals surface area contributed by atoms with Crippen LogP contribution in [0.5, 0.6) is 5.75 Å². The lowest BCUT2D eigenvalue weighted by molar-refractivity contribution is -0.116. The maximum Gasteiger partial charge on any atom is 0.253 e. The largest absolute Gasteiger partial charge is 0.497 e. The highest BCUT2D eigenvalue weighted by Crippen LogP contribution is 2.25. The summed E-state index contributed by atoms with van der Waals surface area (Å²) in [5, 5.41) is 9.21. The van der Waals surface area contributed by atoms with Gasteiger partial charge < -0.3 is 20.7 Å². The quantitative estimate of drug-likeness (QED) is 0.708. The zero-order valence-corrected chi connectivity index (χ0v) is 14.8. The van der Waals surface area contributed by atoms with Gasteiger partial charge in [-0.15, -0.1) is 0 Å². The average Bonchev–Trinajstić information content (AvgIpc) is 3.45. The van der Waals surface area contributed by atoms with Gasteiger partial charge in [-0.05, 0) is 69.3 Å². The molecule has 2 aliphatic rings. The maximum atomic E-state index is 12.4. The van der Waals surface area contributed by atoms with Gasteiger partial charge in [0.05, 0.1) is 18.4 Å². The molecule has 1 aliphatic carbocycles. The first kappa shape index (κ1) is 17.7. The highest BCUT2D eigenvalue weighted by atomic mass is 16.5. The molecule has 0 radical (unpaired) electrons. The van der Waals surface area contributed by atoms with Crippen molar-refractivity contribution in [3.63, 3.8) is 0 Å². The van der Waals surface area contributed by atoms with Crippen LogP contribution < -0.4 is 20.7 Å². The minimum absolute atomic E-state index is 0.0378. The van der Waals surface area contributed by atoms with Crippen LogP contribution in [-0.4, -0.2) is 38.1 Å². The molecular weight excluding hydrogens is 318 g/mol. The molecule has 3 rings (SSSR count). The minimum atomic E-state index is -0.157. The Morgan fingerprint density at radius 1 is 1.20 bits per heavy atom. The molecule has 1 aliphatic heterocycles. The lowest BCUT2D eigenvalue weighted by Gasteiger charge is -2.22. The van der Waals surface area contributed by atoms with Crippen LogP contribution in [0, 0.1) is 5.92 Å². The van der Waals surface area contributed by atoms with Crippen LogP contribution in [0.1, 0.15) is 48.9 Å². The van der Waals surface area contributed by atoms with Gasteiger partial charge in [-0.2, -0.15) is 0 Å². The zero-order valence-electron chi connectivity index (χ0n) is 14.8. The summed E-state index contributed by atoms with van der Waals surface area (Å²) in [6.45, 7) is 2.08. The van der Waals surface area contributed by atoms with Gasteiger partial charge in [-0.25, -0.2) is 0 Å². The Bertz CT molecular complexity index is 622. The number of hydrogen-bond donors (Lipinski definition) is 3. The zero-order chi connectivity index (χ0) is 17.6.